The number of carbonyl (C=O) groups is 1. The first-order chi connectivity index (χ1) is 16.8. The van der Waals surface area contributed by atoms with Crippen molar-refractivity contribution in [2.45, 2.75) is 58.2 Å². The summed E-state index contributed by atoms with van der Waals surface area (Å²) in [5, 5.41) is 11.9. The smallest absolute Gasteiger partial charge is 0.229 e. The van der Waals surface area contributed by atoms with Crippen LogP contribution in [0.5, 0.6) is 0 Å². The Hall–Kier alpha value is -3.06. The predicted octanol–water partition coefficient (Wildman–Crippen LogP) is 2.99. The van der Waals surface area contributed by atoms with Gasteiger partial charge in [-0.2, -0.15) is 0 Å². The minimum absolute atomic E-state index is 0.0445. The second-order valence-corrected chi connectivity index (χ2v) is 11.2. The van der Waals surface area contributed by atoms with Crippen molar-refractivity contribution in [3.05, 3.63) is 71.7 Å². The third-order valence-corrected chi connectivity index (χ3v) is 7.76. The molecule has 6 rings (SSSR count). The molecule has 0 spiro atoms. The van der Waals surface area contributed by atoms with E-state index in [2.05, 4.69) is 60.7 Å². The molecule has 3 saturated heterocycles. The lowest BCUT2D eigenvalue weighted by molar-refractivity contribution is -0.945. The van der Waals surface area contributed by atoms with Gasteiger partial charge in [0.1, 0.15) is 17.6 Å². The molecule has 6 nitrogen and oxygen atoms in total. The number of fused-ring (bicyclic) bond motifs is 3. The van der Waals surface area contributed by atoms with E-state index in [9.17, 15) is 9.18 Å². The molecule has 3 fully saturated rings. The highest BCUT2D eigenvalue weighted by atomic mass is 19.1. The molecule has 1 unspecified atom stereocenters. The second kappa shape index (κ2) is 9.53. The Morgan fingerprint density at radius 3 is 2.54 bits per heavy atom. The van der Waals surface area contributed by atoms with E-state index < -0.39 is 0 Å². The zero-order chi connectivity index (χ0) is 24.6. The Balaban J connectivity index is 1.17. The zero-order valence-electron chi connectivity index (χ0n) is 20.8. The Morgan fingerprint density at radius 2 is 1.89 bits per heavy atom. The Morgan fingerprint density at radius 1 is 1.14 bits per heavy atom. The molecule has 2 bridgehead atoms. The molecule has 0 saturated carbocycles. The van der Waals surface area contributed by atoms with Gasteiger partial charge in [0.2, 0.25) is 5.91 Å². The number of carbonyl (C=O) groups excluding carboxylic acids is 1. The molecule has 4 heterocycles. The van der Waals surface area contributed by atoms with Gasteiger partial charge in [0.25, 0.3) is 0 Å². The number of amides is 1. The third-order valence-electron chi connectivity index (χ3n) is 7.76. The SMILES string of the molecule is CC(C)(C)c1ccc(-c2cn(C[C@H]3C[C@@H]4CC[NH+]3C[C@@H]4C(=O)NCc3ccc(F)cc3)nn2)cc1. The number of benzene rings is 2. The van der Waals surface area contributed by atoms with Crippen molar-refractivity contribution in [2.75, 3.05) is 13.1 Å². The maximum absolute atomic E-state index is 13.1. The summed E-state index contributed by atoms with van der Waals surface area (Å²) in [7, 11) is 0. The lowest BCUT2D eigenvalue weighted by Crippen LogP contribution is -3.20. The summed E-state index contributed by atoms with van der Waals surface area (Å²) in [4.78, 5) is 14.4. The Kier molecular flexibility index (Phi) is 6.45. The lowest BCUT2D eigenvalue weighted by Gasteiger charge is -2.46. The summed E-state index contributed by atoms with van der Waals surface area (Å²) in [6.07, 6.45) is 4.16. The number of quaternary nitrogens is 1. The van der Waals surface area contributed by atoms with E-state index >= 15 is 0 Å². The second-order valence-electron chi connectivity index (χ2n) is 11.2. The van der Waals surface area contributed by atoms with E-state index in [0.29, 0.717) is 18.5 Å². The van der Waals surface area contributed by atoms with E-state index in [4.69, 9.17) is 0 Å². The van der Waals surface area contributed by atoms with Crippen molar-refractivity contribution < 1.29 is 14.1 Å². The molecule has 0 radical (unpaired) electrons. The van der Waals surface area contributed by atoms with E-state index in [0.717, 1.165) is 49.3 Å². The molecule has 1 amide bonds. The number of rotatable bonds is 6. The molecular formula is C28H35FN5O+. The van der Waals surface area contributed by atoms with Crippen molar-refractivity contribution in [3.63, 3.8) is 0 Å². The monoisotopic (exact) mass is 476 g/mol. The van der Waals surface area contributed by atoms with Crippen LogP contribution in [0.3, 0.4) is 0 Å². The first-order valence-corrected chi connectivity index (χ1v) is 12.6. The normalized spacial score (nSPS) is 23.9. The largest absolute Gasteiger partial charge is 0.352 e. The number of hydrogen-bond acceptors (Lipinski definition) is 3. The molecule has 184 valence electrons. The molecule has 3 aliphatic rings. The maximum atomic E-state index is 13.1. The van der Waals surface area contributed by atoms with Gasteiger partial charge in [-0.05, 0) is 34.6 Å². The highest BCUT2D eigenvalue weighted by molar-refractivity contribution is 5.79. The van der Waals surface area contributed by atoms with Crippen molar-refractivity contribution in [1.82, 2.24) is 20.3 Å². The van der Waals surface area contributed by atoms with Crippen LogP contribution in [-0.2, 0) is 23.3 Å². The van der Waals surface area contributed by atoms with Gasteiger partial charge in [-0.1, -0.05) is 62.4 Å². The van der Waals surface area contributed by atoms with Crippen LogP contribution in [0.4, 0.5) is 4.39 Å². The van der Waals surface area contributed by atoms with Crippen molar-refractivity contribution >= 4 is 5.91 Å². The molecule has 4 atom stereocenters. The highest BCUT2D eigenvalue weighted by Crippen LogP contribution is 2.28. The van der Waals surface area contributed by atoms with Gasteiger partial charge < -0.3 is 10.2 Å². The highest BCUT2D eigenvalue weighted by Gasteiger charge is 2.46. The molecule has 3 aliphatic heterocycles. The summed E-state index contributed by atoms with van der Waals surface area (Å²) in [6, 6.07) is 15.4. The van der Waals surface area contributed by atoms with Crippen LogP contribution in [0, 0.1) is 17.7 Å². The topological polar surface area (TPSA) is 64.2 Å². The molecule has 1 aromatic heterocycles. The van der Waals surface area contributed by atoms with E-state index in [-0.39, 0.29) is 23.1 Å². The van der Waals surface area contributed by atoms with Gasteiger partial charge in [-0.25, -0.2) is 9.07 Å². The number of halogens is 1. The minimum atomic E-state index is -0.259. The standard InChI is InChI=1S/C28H34FN5O/c1-28(2,3)22-8-6-20(7-9-22)26-18-34(32-31-26)16-24-14-21-12-13-33(24)17-25(21)27(35)30-15-19-4-10-23(29)11-5-19/h4-11,18,21,24-25H,12-17H2,1-3H3,(H,30,35)/p+1/t21-,24+,25-/m0/s1. The van der Waals surface area contributed by atoms with Gasteiger partial charge in [0, 0.05) is 24.9 Å². The van der Waals surface area contributed by atoms with E-state index in [1.54, 1.807) is 12.1 Å². The van der Waals surface area contributed by atoms with Crippen molar-refractivity contribution in [2.24, 2.45) is 11.8 Å². The summed E-state index contributed by atoms with van der Waals surface area (Å²) in [6.45, 7) is 9.88. The summed E-state index contributed by atoms with van der Waals surface area (Å²) in [5.41, 5.74) is 4.33. The van der Waals surface area contributed by atoms with E-state index in [1.807, 2.05) is 10.9 Å². The predicted molar refractivity (Wildman–Crippen MR) is 133 cm³/mol. The fourth-order valence-corrected chi connectivity index (χ4v) is 5.63. The van der Waals surface area contributed by atoms with E-state index in [1.165, 1.54) is 22.6 Å². The number of nitrogens with zero attached hydrogens (tertiary/aromatic N) is 3. The Labute approximate surface area is 206 Å². The summed E-state index contributed by atoms with van der Waals surface area (Å²) in [5.74, 6) is 0.309. The van der Waals surface area contributed by atoms with Crippen LogP contribution < -0.4 is 10.2 Å². The first-order valence-electron chi connectivity index (χ1n) is 12.6. The van der Waals surface area contributed by atoms with Crippen LogP contribution >= 0.6 is 0 Å². The van der Waals surface area contributed by atoms with Crippen LogP contribution in [-0.4, -0.2) is 40.0 Å². The average molecular weight is 477 g/mol. The number of hydrogen-bond donors (Lipinski definition) is 2. The maximum Gasteiger partial charge on any atom is 0.229 e. The van der Waals surface area contributed by atoms with Crippen LogP contribution in [0.15, 0.2) is 54.7 Å². The molecule has 3 aromatic rings. The molecule has 35 heavy (non-hydrogen) atoms. The van der Waals surface area contributed by atoms with Crippen LogP contribution in [0.25, 0.3) is 11.3 Å². The minimum Gasteiger partial charge on any atom is -0.352 e. The molecule has 2 aromatic carbocycles. The van der Waals surface area contributed by atoms with Gasteiger partial charge in [0.05, 0.1) is 31.7 Å². The summed E-state index contributed by atoms with van der Waals surface area (Å²) >= 11 is 0. The van der Waals surface area contributed by atoms with Crippen molar-refractivity contribution in [3.8, 4) is 11.3 Å². The van der Waals surface area contributed by atoms with Crippen molar-refractivity contribution in [1.29, 1.82) is 0 Å². The van der Waals surface area contributed by atoms with Crippen LogP contribution in [0.2, 0.25) is 0 Å². The summed E-state index contributed by atoms with van der Waals surface area (Å²) < 4.78 is 15.1. The fourth-order valence-electron chi connectivity index (χ4n) is 5.63. The fraction of sp³-hybridized carbons (Fsp3) is 0.464. The zero-order valence-corrected chi connectivity index (χ0v) is 20.8. The van der Waals surface area contributed by atoms with Crippen LogP contribution in [0.1, 0.15) is 44.7 Å². The lowest BCUT2D eigenvalue weighted by atomic mass is 9.75. The quantitative estimate of drug-likeness (QED) is 0.575. The number of piperidine rings is 3. The van der Waals surface area contributed by atoms with Gasteiger partial charge >= 0.3 is 0 Å². The molecule has 2 N–H and O–H groups in total. The van der Waals surface area contributed by atoms with Gasteiger partial charge in [-0.15, -0.1) is 5.10 Å². The van der Waals surface area contributed by atoms with Gasteiger partial charge in [-0.3, -0.25) is 4.79 Å². The first kappa shape index (κ1) is 23.7. The third kappa shape index (κ3) is 5.30. The average Bonchev–Trinajstić information content (AvgIpc) is 3.32. The number of nitrogens with one attached hydrogen (secondary N) is 2. The molecule has 0 aliphatic carbocycles. The molecule has 7 heteroatoms. The molecular weight excluding hydrogens is 441 g/mol. The van der Waals surface area contributed by atoms with Gasteiger partial charge in [0.15, 0.2) is 0 Å². The number of aromatic nitrogens is 3. The Bertz CT molecular complexity index is 1170.